The number of aryl methyl sites for hydroxylation is 1. The molecule has 7 heteroatoms. The zero-order chi connectivity index (χ0) is 12.3. The number of carbonyl (C=O) groups is 1. The summed E-state index contributed by atoms with van der Waals surface area (Å²) in [4.78, 5) is 17.2. The van der Waals surface area contributed by atoms with Gasteiger partial charge in [-0.2, -0.15) is 0 Å². The third-order valence-electron chi connectivity index (χ3n) is 2.80. The first-order valence-corrected chi connectivity index (χ1v) is 6.65. The fourth-order valence-electron chi connectivity index (χ4n) is 1.87. The highest BCUT2D eigenvalue weighted by Gasteiger charge is 2.20. The molecular weight excluding hydrogens is 305 g/mol. The number of hydrogen-bond donors (Lipinski definition) is 2. The summed E-state index contributed by atoms with van der Waals surface area (Å²) in [5.41, 5.74) is 7.01. The summed E-state index contributed by atoms with van der Waals surface area (Å²) in [6.07, 6.45) is 5.70. The molecule has 3 N–H and O–H groups in total. The van der Waals surface area contributed by atoms with Crippen LogP contribution >= 0.6 is 36.2 Å². The number of carbonyl (C=O) groups excluding carboxylic acids is 1. The molecule has 4 nitrogen and oxygen atoms in total. The van der Waals surface area contributed by atoms with Gasteiger partial charge in [0.2, 0.25) is 5.91 Å². The maximum atomic E-state index is 11.5. The second-order valence-electron chi connectivity index (χ2n) is 4.27. The van der Waals surface area contributed by atoms with Crippen molar-refractivity contribution in [1.29, 1.82) is 0 Å². The maximum absolute atomic E-state index is 11.5. The molecular formula is C12H19Cl2N3OS. The first kappa shape index (κ1) is 18.4. The van der Waals surface area contributed by atoms with Crippen LogP contribution in [0.15, 0.2) is 12.7 Å². The zero-order valence-electron chi connectivity index (χ0n) is 10.6. The molecule has 19 heavy (non-hydrogen) atoms. The van der Waals surface area contributed by atoms with Crippen LogP contribution in [0.5, 0.6) is 0 Å². The van der Waals surface area contributed by atoms with Crippen LogP contribution in [-0.4, -0.2) is 16.9 Å². The van der Waals surface area contributed by atoms with Crippen molar-refractivity contribution in [2.45, 2.75) is 38.1 Å². The van der Waals surface area contributed by atoms with Crippen molar-refractivity contribution in [2.24, 2.45) is 5.73 Å². The topological polar surface area (TPSA) is 68.0 Å². The standard InChI is InChI=1S/C12H17N3OS.2ClH/c1-2-3-4-11(16)15-12-14-9-6-5-8(13)7-10(9)17-12;;/h2,8H,1,3-7,13H2,(H,14,15,16);2*1H/t8-;;/m0../s1. The van der Waals surface area contributed by atoms with Gasteiger partial charge in [-0.1, -0.05) is 6.08 Å². The van der Waals surface area contributed by atoms with Crippen LogP contribution in [0.4, 0.5) is 5.13 Å². The van der Waals surface area contributed by atoms with Crippen molar-refractivity contribution in [3.05, 3.63) is 23.2 Å². The molecule has 0 saturated heterocycles. The molecule has 1 atom stereocenters. The molecule has 1 aromatic heterocycles. The van der Waals surface area contributed by atoms with Crippen molar-refractivity contribution in [3.63, 3.8) is 0 Å². The van der Waals surface area contributed by atoms with Gasteiger partial charge in [-0.3, -0.25) is 4.79 Å². The van der Waals surface area contributed by atoms with Gasteiger partial charge >= 0.3 is 0 Å². The van der Waals surface area contributed by atoms with E-state index in [1.165, 1.54) is 4.88 Å². The number of hydrogen-bond acceptors (Lipinski definition) is 4. The van der Waals surface area contributed by atoms with E-state index in [1.54, 1.807) is 17.4 Å². The van der Waals surface area contributed by atoms with E-state index in [1.807, 2.05) is 0 Å². The first-order chi connectivity index (χ1) is 8.19. The van der Waals surface area contributed by atoms with Gasteiger partial charge < -0.3 is 11.1 Å². The number of amides is 1. The van der Waals surface area contributed by atoms with Gasteiger partial charge in [0, 0.05) is 17.3 Å². The normalized spacial score (nSPS) is 16.6. The van der Waals surface area contributed by atoms with Crippen LogP contribution in [0.25, 0.3) is 0 Å². The lowest BCUT2D eigenvalue weighted by Gasteiger charge is -2.15. The van der Waals surface area contributed by atoms with Crippen LogP contribution < -0.4 is 11.1 Å². The molecule has 1 aliphatic carbocycles. The lowest BCUT2D eigenvalue weighted by Crippen LogP contribution is -2.27. The summed E-state index contributed by atoms with van der Waals surface area (Å²) >= 11 is 1.55. The summed E-state index contributed by atoms with van der Waals surface area (Å²) in [7, 11) is 0. The van der Waals surface area contributed by atoms with E-state index in [0.29, 0.717) is 18.0 Å². The van der Waals surface area contributed by atoms with Gasteiger partial charge in [0.1, 0.15) is 0 Å². The Hall–Kier alpha value is -0.620. The molecule has 0 spiro atoms. The Morgan fingerprint density at radius 1 is 1.58 bits per heavy atom. The molecule has 0 aliphatic heterocycles. The zero-order valence-corrected chi connectivity index (χ0v) is 13.0. The summed E-state index contributed by atoms with van der Waals surface area (Å²) < 4.78 is 0. The molecule has 108 valence electrons. The molecule has 0 fully saturated rings. The number of thiazole rings is 1. The molecule has 2 rings (SSSR count). The molecule has 1 aromatic rings. The highest BCUT2D eigenvalue weighted by Crippen LogP contribution is 2.29. The van der Waals surface area contributed by atoms with E-state index in [9.17, 15) is 4.79 Å². The van der Waals surface area contributed by atoms with Crippen LogP contribution in [0.3, 0.4) is 0 Å². The van der Waals surface area contributed by atoms with Gasteiger partial charge in [0.15, 0.2) is 5.13 Å². The lowest BCUT2D eigenvalue weighted by molar-refractivity contribution is -0.116. The molecule has 0 radical (unpaired) electrons. The summed E-state index contributed by atoms with van der Waals surface area (Å²) in [6, 6.07) is 0.243. The third-order valence-corrected chi connectivity index (χ3v) is 3.84. The van der Waals surface area contributed by atoms with E-state index in [0.717, 1.165) is 25.0 Å². The summed E-state index contributed by atoms with van der Waals surface area (Å²) in [6.45, 7) is 3.59. The van der Waals surface area contributed by atoms with Gasteiger partial charge in [-0.05, 0) is 25.7 Å². The molecule has 0 aromatic carbocycles. The van der Waals surface area contributed by atoms with Gasteiger partial charge in [0.05, 0.1) is 5.69 Å². The number of allylic oxidation sites excluding steroid dienone is 1. The Labute approximate surface area is 129 Å². The second kappa shape index (κ2) is 8.53. The highest BCUT2D eigenvalue weighted by molar-refractivity contribution is 7.15. The monoisotopic (exact) mass is 323 g/mol. The van der Waals surface area contributed by atoms with Gasteiger partial charge in [0.25, 0.3) is 0 Å². The van der Waals surface area contributed by atoms with Crippen molar-refractivity contribution in [3.8, 4) is 0 Å². The Morgan fingerprint density at radius 3 is 3.00 bits per heavy atom. The van der Waals surface area contributed by atoms with E-state index < -0.39 is 0 Å². The first-order valence-electron chi connectivity index (χ1n) is 5.84. The van der Waals surface area contributed by atoms with Crippen LogP contribution in [0.1, 0.15) is 29.8 Å². The number of nitrogens with two attached hydrogens (primary N) is 1. The molecule has 1 amide bonds. The van der Waals surface area contributed by atoms with Crippen LogP contribution in [-0.2, 0) is 17.6 Å². The molecule has 0 saturated carbocycles. The van der Waals surface area contributed by atoms with Gasteiger partial charge in [-0.25, -0.2) is 4.98 Å². The Kier molecular flexibility index (Phi) is 8.25. The van der Waals surface area contributed by atoms with Crippen molar-refractivity contribution >= 4 is 47.2 Å². The van der Waals surface area contributed by atoms with E-state index in [-0.39, 0.29) is 36.8 Å². The minimum Gasteiger partial charge on any atom is -0.327 e. The van der Waals surface area contributed by atoms with E-state index >= 15 is 0 Å². The predicted octanol–water partition coefficient (Wildman–Crippen LogP) is 2.71. The molecule has 1 aliphatic rings. The quantitative estimate of drug-likeness (QED) is 0.837. The van der Waals surface area contributed by atoms with Gasteiger partial charge in [-0.15, -0.1) is 42.7 Å². The minimum atomic E-state index is 0. The Morgan fingerprint density at radius 2 is 2.32 bits per heavy atom. The maximum Gasteiger partial charge on any atom is 0.226 e. The third kappa shape index (κ3) is 5.10. The lowest BCUT2D eigenvalue weighted by atomic mass is 9.99. The number of nitrogens with one attached hydrogen (secondary N) is 1. The largest absolute Gasteiger partial charge is 0.327 e. The number of anilines is 1. The minimum absolute atomic E-state index is 0. The molecule has 0 bridgehead atoms. The van der Waals surface area contributed by atoms with E-state index in [4.69, 9.17) is 5.73 Å². The molecule has 0 unspecified atom stereocenters. The summed E-state index contributed by atoms with van der Waals surface area (Å²) in [5, 5.41) is 3.54. The number of halogens is 2. The molecule has 1 heterocycles. The van der Waals surface area contributed by atoms with Crippen molar-refractivity contribution in [1.82, 2.24) is 4.98 Å². The number of aromatic nitrogens is 1. The Bertz CT molecular complexity index is 437. The second-order valence-corrected chi connectivity index (χ2v) is 5.35. The van der Waals surface area contributed by atoms with E-state index in [2.05, 4.69) is 16.9 Å². The fraction of sp³-hybridized carbons (Fsp3) is 0.500. The van der Waals surface area contributed by atoms with Crippen LogP contribution in [0, 0.1) is 0 Å². The average molecular weight is 324 g/mol. The number of rotatable bonds is 4. The van der Waals surface area contributed by atoms with Crippen LogP contribution in [0.2, 0.25) is 0 Å². The number of fused-ring (bicyclic) bond motifs is 1. The average Bonchev–Trinajstić information content (AvgIpc) is 2.67. The predicted molar refractivity (Wildman–Crippen MR) is 84.7 cm³/mol. The van der Waals surface area contributed by atoms with Crippen molar-refractivity contribution in [2.75, 3.05) is 5.32 Å². The van der Waals surface area contributed by atoms with Crippen molar-refractivity contribution < 1.29 is 4.79 Å². The number of nitrogens with zero attached hydrogens (tertiary/aromatic N) is 1. The Balaban J connectivity index is 0.00000162. The SMILES string of the molecule is C=CCCC(=O)Nc1nc2c(s1)C[C@@H](N)CC2.Cl.Cl. The summed E-state index contributed by atoms with van der Waals surface area (Å²) in [5.74, 6) is 0.000274. The fourth-order valence-corrected chi connectivity index (χ4v) is 2.99. The highest BCUT2D eigenvalue weighted by atomic mass is 35.5. The smallest absolute Gasteiger partial charge is 0.226 e.